The van der Waals surface area contributed by atoms with Gasteiger partial charge < -0.3 is 14.8 Å². The number of nitrogens with zero attached hydrogens (tertiary/aromatic N) is 6. The van der Waals surface area contributed by atoms with E-state index in [1.165, 1.54) is 21.7 Å². The van der Waals surface area contributed by atoms with Gasteiger partial charge in [-0.2, -0.15) is 27.8 Å². The number of aromatic nitrogens is 6. The van der Waals surface area contributed by atoms with Gasteiger partial charge >= 0.3 is 6.18 Å². The molecule has 0 aliphatic rings. The average molecular weight is 445 g/mol. The number of ether oxygens (including phenoxy) is 2. The first kappa shape index (κ1) is 22.7. The van der Waals surface area contributed by atoms with E-state index >= 15 is 0 Å². The fraction of sp³-hybridized carbons (Fsp3) is 0.556. The Balaban J connectivity index is 2.08. The van der Waals surface area contributed by atoms with Crippen LogP contribution in [0.5, 0.6) is 5.75 Å². The highest BCUT2D eigenvalue weighted by atomic mass is 19.4. The standard InChI is InChI=1S/C18H23F4N7O2/c1-5-30-12(4)28-8-13(7-24-28)14-15(31-11(3)18(20,21)22)16-26-17(25-10(2)6-19)27-29(16)9-23-14/h7-12H,5-6H2,1-4H3,(H,25,27)/t10-,11-,12?/m0/s1. The van der Waals surface area contributed by atoms with E-state index in [0.29, 0.717) is 12.2 Å². The zero-order chi connectivity index (χ0) is 22.8. The lowest BCUT2D eigenvalue weighted by molar-refractivity contribution is -0.189. The van der Waals surface area contributed by atoms with Gasteiger partial charge in [-0.3, -0.25) is 0 Å². The van der Waals surface area contributed by atoms with Gasteiger partial charge in [-0.05, 0) is 27.7 Å². The minimum absolute atomic E-state index is 0.000245. The average Bonchev–Trinajstić information content (AvgIpc) is 3.34. The molecule has 0 aromatic carbocycles. The van der Waals surface area contributed by atoms with Crippen molar-refractivity contribution in [3.05, 3.63) is 18.7 Å². The molecule has 0 bridgehead atoms. The van der Waals surface area contributed by atoms with Crippen molar-refractivity contribution >= 4 is 11.6 Å². The summed E-state index contributed by atoms with van der Waals surface area (Å²) in [7, 11) is 0. The van der Waals surface area contributed by atoms with Gasteiger partial charge in [0, 0.05) is 18.4 Å². The minimum Gasteiger partial charge on any atom is -0.475 e. The van der Waals surface area contributed by atoms with Crippen LogP contribution in [-0.2, 0) is 4.74 Å². The van der Waals surface area contributed by atoms with Gasteiger partial charge in [-0.15, -0.1) is 5.10 Å². The molecule has 0 amide bonds. The number of rotatable bonds is 9. The van der Waals surface area contributed by atoms with E-state index in [1.54, 1.807) is 20.0 Å². The van der Waals surface area contributed by atoms with Crippen LogP contribution in [0.2, 0.25) is 0 Å². The second-order valence-electron chi connectivity index (χ2n) is 6.89. The summed E-state index contributed by atoms with van der Waals surface area (Å²) in [6.45, 7) is 5.86. The second-order valence-corrected chi connectivity index (χ2v) is 6.89. The van der Waals surface area contributed by atoms with Crippen LogP contribution in [0.25, 0.3) is 16.9 Å². The lowest BCUT2D eigenvalue weighted by Crippen LogP contribution is -2.31. The second kappa shape index (κ2) is 9.04. The van der Waals surface area contributed by atoms with Crippen molar-refractivity contribution in [1.29, 1.82) is 0 Å². The molecule has 3 atom stereocenters. The Kier molecular flexibility index (Phi) is 6.62. The summed E-state index contributed by atoms with van der Waals surface area (Å²) >= 11 is 0. The van der Waals surface area contributed by atoms with E-state index in [4.69, 9.17) is 9.47 Å². The summed E-state index contributed by atoms with van der Waals surface area (Å²) in [4.78, 5) is 8.40. The molecule has 31 heavy (non-hydrogen) atoms. The topological polar surface area (TPSA) is 91.4 Å². The summed E-state index contributed by atoms with van der Waals surface area (Å²) in [5, 5.41) is 11.0. The van der Waals surface area contributed by atoms with E-state index < -0.39 is 25.0 Å². The highest BCUT2D eigenvalue weighted by molar-refractivity contribution is 5.74. The fourth-order valence-electron chi connectivity index (χ4n) is 2.69. The third-order valence-electron chi connectivity index (χ3n) is 4.36. The lowest BCUT2D eigenvalue weighted by atomic mass is 10.2. The molecule has 0 aliphatic carbocycles. The molecule has 0 fully saturated rings. The summed E-state index contributed by atoms with van der Waals surface area (Å²) in [6.07, 6.45) is -2.80. The van der Waals surface area contributed by atoms with Crippen molar-refractivity contribution in [1.82, 2.24) is 29.4 Å². The summed E-state index contributed by atoms with van der Waals surface area (Å²) in [5.74, 6) is -0.182. The molecule has 0 radical (unpaired) electrons. The Bertz CT molecular complexity index is 1020. The number of fused-ring (bicyclic) bond motifs is 1. The SMILES string of the molecule is CCOC(C)n1cc(-c2ncn3nc(N[C@@H](C)CF)nc3c2O[C@@H](C)C(F)(F)F)cn1. The quantitative estimate of drug-likeness (QED) is 0.503. The lowest BCUT2D eigenvalue weighted by Gasteiger charge is -2.19. The first-order chi connectivity index (χ1) is 14.6. The van der Waals surface area contributed by atoms with Crippen molar-refractivity contribution < 1.29 is 27.0 Å². The van der Waals surface area contributed by atoms with Crippen LogP contribution in [0.4, 0.5) is 23.5 Å². The normalized spacial score (nSPS) is 15.1. The number of anilines is 1. The molecule has 1 N–H and O–H groups in total. The Morgan fingerprint density at radius 2 is 1.97 bits per heavy atom. The van der Waals surface area contributed by atoms with Gasteiger partial charge in [-0.1, -0.05) is 0 Å². The zero-order valence-electron chi connectivity index (χ0n) is 17.4. The first-order valence-corrected chi connectivity index (χ1v) is 9.61. The number of nitrogens with one attached hydrogen (secondary N) is 1. The third kappa shape index (κ3) is 5.03. The molecule has 9 nitrogen and oxygen atoms in total. The molecule has 3 aromatic rings. The predicted molar refractivity (Wildman–Crippen MR) is 104 cm³/mol. The van der Waals surface area contributed by atoms with Crippen molar-refractivity contribution in [3.8, 4) is 17.0 Å². The van der Waals surface area contributed by atoms with Crippen LogP contribution in [-0.4, -0.2) is 61.0 Å². The van der Waals surface area contributed by atoms with Crippen LogP contribution in [0.3, 0.4) is 0 Å². The van der Waals surface area contributed by atoms with Crippen LogP contribution < -0.4 is 10.1 Å². The minimum atomic E-state index is -4.61. The molecule has 3 aromatic heterocycles. The maximum Gasteiger partial charge on any atom is 0.425 e. The Hall–Kier alpha value is -2.96. The Morgan fingerprint density at radius 1 is 1.23 bits per heavy atom. The van der Waals surface area contributed by atoms with Gasteiger partial charge in [0.2, 0.25) is 11.6 Å². The van der Waals surface area contributed by atoms with Gasteiger partial charge in [0.15, 0.2) is 11.9 Å². The maximum atomic E-state index is 13.2. The molecular weight excluding hydrogens is 422 g/mol. The Morgan fingerprint density at radius 3 is 2.61 bits per heavy atom. The monoisotopic (exact) mass is 445 g/mol. The van der Waals surface area contributed by atoms with Crippen molar-refractivity contribution in [2.45, 2.75) is 52.2 Å². The van der Waals surface area contributed by atoms with Crippen molar-refractivity contribution in [2.75, 3.05) is 18.6 Å². The van der Waals surface area contributed by atoms with Crippen molar-refractivity contribution in [2.24, 2.45) is 0 Å². The number of hydrogen-bond donors (Lipinski definition) is 1. The first-order valence-electron chi connectivity index (χ1n) is 9.61. The zero-order valence-corrected chi connectivity index (χ0v) is 17.4. The number of halogens is 4. The molecule has 3 rings (SSSR count). The van der Waals surface area contributed by atoms with Crippen LogP contribution >= 0.6 is 0 Å². The maximum absolute atomic E-state index is 13.2. The van der Waals surface area contributed by atoms with Crippen LogP contribution in [0, 0.1) is 0 Å². The number of alkyl halides is 4. The molecular formula is C18H23F4N7O2. The molecule has 0 spiro atoms. The van der Waals surface area contributed by atoms with Crippen LogP contribution in [0.15, 0.2) is 18.7 Å². The predicted octanol–water partition coefficient (Wildman–Crippen LogP) is 3.64. The van der Waals surface area contributed by atoms with Crippen LogP contribution in [0.1, 0.15) is 33.9 Å². The third-order valence-corrected chi connectivity index (χ3v) is 4.36. The molecule has 0 aliphatic heterocycles. The van der Waals surface area contributed by atoms with E-state index in [0.717, 1.165) is 6.92 Å². The molecule has 13 heteroatoms. The fourth-order valence-corrected chi connectivity index (χ4v) is 2.69. The summed E-state index contributed by atoms with van der Waals surface area (Å²) in [6, 6.07) is -0.582. The van der Waals surface area contributed by atoms with Gasteiger partial charge in [0.25, 0.3) is 0 Å². The molecule has 1 unspecified atom stereocenters. The largest absolute Gasteiger partial charge is 0.475 e. The van der Waals surface area contributed by atoms with E-state index in [2.05, 4.69) is 25.5 Å². The van der Waals surface area contributed by atoms with Gasteiger partial charge in [-0.25, -0.2) is 14.1 Å². The smallest absolute Gasteiger partial charge is 0.425 e. The van der Waals surface area contributed by atoms with Crippen molar-refractivity contribution in [3.63, 3.8) is 0 Å². The number of hydrogen-bond acceptors (Lipinski definition) is 7. The molecule has 170 valence electrons. The van der Waals surface area contributed by atoms with E-state index in [9.17, 15) is 17.6 Å². The Labute approximate surface area is 175 Å². The van der Waals surface area contributed by atoms with Gasteiger partial charge in [0.1, 0.15) is 24.9 Å². The summed E-state index contributed by atoms with van der Waals surface area (Å²) in [5.41, 5.74) is 0.518. The van der Waals surface area contributed by atoms with E-state index in [1.807, 2.05) is 6.92 Å². The van der Waals surface area contributed by atoms with Gasteiger partial charge in [0.05, 0.1) is 12.2 Å². The van der Waals surface area contributed by atoms with E-state index in [-0.39, 0.29) is 29.3 Å². The molecule has 3 heterocycles. The molecule has 0 saturated carbocycles. The highest BCUT2D eigenvalue weighted by Gasteiger charge is 2.39. The highest BCUT2D eigenvalue weighted by Crippen LogP contribution is 2.35. The summed E-state index contributed by atoms with van der Waals surface area (Å²) < 4.78 is 65.9. The molecule has 0 saturated heterocycles.